The molecule has 1 aromatic carbocycles. The Bertz CT molecular complexity index is 1380. The first kappa shape index (κ1) is 24.2. The van der Waals surface area contributed by atoms with Gasteiger partial charge < -0.3 is 4.74 Å². The van der Waals surface area contributed by atoms with E-state index in [4.69, 9.17) is 17.0 Å². The highest BCUT2D eigenvalue weighted by Gasteiger charge is 2.32. The summed E-state index contributed by atoms with van der Waals surface area (Å²) in [5.74, 6) is 0.594. The third-order valence-corrected chi connectivity index (χ3v) is 7.10. The predicted molar refractivity (Wildman–Crippen MR) is 142 cm³/mol. The maximum atomic E-state index is 13.5. The number of benzene rings is 1. The van der Waals surface area contributed by atoms with E-state index in [1.165, 1.54) is 16.2 Å². The number of aryl methyl sites for hydroxylation is 3. The topological polar surface area (TPSA) is 63.9 Å². The third kappa shape index (κ3) is 4.79. The van der Waals surface area contributed by atoms with Gasteiger partial charge in [0.1, 0.15) is 21.3 Å². The highest BCUT2D eigenvalue weighted by Crippen LogP contribution is 2.35. The van der Waals surface area contributed by atoms with Crippen LogP contribution in [0.5, 0.6) is 11.6 Å². The molecule has 1 fully saturated rings. The highest BCUT2D eigenvalue weighted by atomic mass is 32.2. The van der Waals surface area contributed by atoms with Crippen molar-refractivity contribution in [3.63, 3.8) is 0 Å². The molecule has 0 N–H and O–H groups in total. The Labute approximate surface area is 208 Å². The average Bonchev–Trinajstić information content (AvgIpc) is 3.06. The Morgan fingerprint density at radius 1 is 1.12 bits per heavy atom. The van der Waals surface area contributed by atoms with Gasteiger partial charge in [-0.2, -0.15) is 4.98 Å². The summed E-state index contributed by atoms with van der Waals surface area (Å²) in [6, 6.07) is 9.51. The van der Waals surface area contributed by atoms with Gasteiger partial charge in [0.05, 0.1) is 4.91 Å². The summed E-state index contributed by atoms with van der Waals surface area (Å²) in [6.45, 7) is 8.54. The maximum Gasteiger partial charge on any atom is 0.269 e. The summed E-state index contributed by atoms with van der Waals surface area (Å²) in [5, 5.41) is 0. The van der Waals surface area contributed by atoms with E-state index in [0.29, 0.717) is 27.2 Å². The van der Waals surface area contributed by atoms with Crippen LogP contribution in [0.4, 0.5) is 0 Å². The first-order valence-corrected chi connectivity index (χ1v) is 12.5. The quantitative estimate of drug-likeness (QED) is 0.235. The number of ether oxygens (including phenoxy) is 1. The van der Waals surface area contributed by atoms with Crippen molar-refractivity contribution in [1.82, 2.24) is 14.3 Å². The molecule has 0 unspecified atom stereocenters. The maximum absolute atomic E-state index is 13.5. The molecule has 0 aliphatic carbocycles. The van der Waals surface area contributed by atoms with Crippen LogP contribution in [0.3, 0.4) is 0 Å². The molecule has 0 saturated carbocycles. The van der Waals surface area contributed by atoms with Crippen molar-refractivity contribution in [2.45, 2.75) is 47.0 Å². The van der Waals surface area contributed by atoms with Gasteiger partial charge in [-0.15, -0.1) is 0 Å². The molecular weight excluding hydrogens is 466 g/mol. The molecule has 2 aromatic heterocycles. The smallest absolute Gasteiger partial charge is 0.269 e. The molecule has 0 bridgehead atoms. The molecular formula is C26H27N3O3S2. The zero-order valence-corrected chi connectivity index (χ0v) is 21.4. The fourth-order valence-corrected chi connectivity index (χ4v) is 5.15. The zero-order chi connectivity index (χ0) is 24.4. The largest absolute Gasteiger partial charge is 0.438 e. The molecule has 6 nitrogen and oxygen atoms in total. The van der Waals surface area contributed by atoms with Crippen molar-refractivity contribution in [2.24, 2.45) is 0 Å². The number of fused-ring (bicyclic) bond motifs is 1. The number of carbonyl (C=O) groups excluding carboxylic acids is 1. The minimum Gasteiger partial charge on any atom is -0.438 e. The molecule has 3 aromatic rings. The standard InChI is InChI=1S/C26H27N3O3S2/c1-5-6-7-12-29-25(31)21(34-26(29)33)15-19-23(32-20-11-10-16(2)14-18(20)4)27-22-17(3)9-8-13-28(22)24(19)30/h8-11,13-15H,5-7,12H2,1-4H3/b21-15+. The van der Waals surface area contributed by atoms with Gasteiger partial charge in [-0.05, 0) is 56.5 Å². The van der Waals surface area contributed by atoms with Gasteiger partial charge >= 0.3 is 0 Å². The van der Waals surface area contributed by atoms with Crippen LogP contribution in [0, 0.1) is 20.8 Å². The number of rotatable bonds is 7. The Morgan fingerprint density at radius 3 is 2.65 bits per heavy atom. The van der Waals surface area contributed by atoms with Crippen LogP contribution < -0.4 is 10.3 Å². The van der Waals surface area contributed by atoms with Crippen LogP contribution in [-0.2, 0) is 4.79 Å². The van der Waals surface area contributed by atoms with E-state index in [9.17, 15) is 9.59 Å². The summed E-state index contributed by atoms with van der Waals surface area (Å²) in [7, 11) is 0. The lowest BCUT2D eigenvalue weighted by atomic mass is 10.1. The summed E-state index contributed by atoms with van der Waals surface area (Å²) in [5.41, 5.74) is 3.32. The minimum atomic E-state index is -0.301. The number of aromatic nitrogens is 2. The first-order valence-electron chi connectivity index (χ1n) is 11.3. The molecule has 1 saturated heterocycles. The molecule has 4 rings (SSSR count). The zero-order valence-electron chi connectivity index (χ0n) is 19.8. The average molecular weight is 494 g/mol. The van der Waals surface area contributed by atoms with E-state index in [1.54, 1.807) is 23.2 Å². The van der Waals surface area contributed by atoms with Crippen LogP contribution in [0.1, 0.15) is 48.4 Å². The summed E-state index contributed by atoms with van der Waals surface area (Å²) < 4.78 is 8.17. The number of unbranched alkanes of at least 4 members (excludes halogenated alkanes) is 2. The van der Waals surface area contributed by atoms with Crippen molar-refractivity contribution in [3.05, 3.63) is 74.0 Å². The Hall–Kier alpha value is -2.97. The fraction of sp³-hybridized carbons (Fsp3) is 0.308. The number of hydrogen-bond donors (Lipinski definition) is 0. The number of nitrogens with zero attached hydrogens (tertiary/aromatic N) is 3. The van der Waals surface area contributed by atoms with Gasteiger partial charge in [-0.25, -0.2) is 0 Å². The summed E-state index contributed by atoms with van der Waals surface area (Å²) in [6.07, 6.45) is 6.21. The molecule has 8 heteroatoms. The van der Waals surface area contributed by atoms with Gasteiger partial charge in [0, 0.05) is 12.7 Å². The van der Waals surface area contributed by atoms with Crippen molar-refractivity contribution in [2.75, 3.05) is 6.54 Å². The second-order valence-electron chi connectivity index (χ2n) is 8.43. The highest BCUT2D eigenvalue weighted by molar-refractivity contribution is 8.26. The van der Waals surface area contributed by atoms with E-state index in [2.05, 4.69) is 11.9 Å². The summed E-state index contributed by atoms with van der Waals surface area (Å²) in [4.78, 5) is 33.3. The SMILES string of the molecule is CCCCCN1C(=O)/C(=C\c2c(Oc3ccc(C)cc3C)nc3c(C)cccn3c2=O)SC1=S. The molecule has 0 spiro atoms. The minimum absolute atomic E-state index is 0.169. The van der Waals surface area contributed by atoms with E-state index >= 15 is 0 Å². The van der Waals surface area contributed by atoms with Crippen molar-refractivity contribution in [1.29, 1.82) is 0 Å². The lowest BCUT2D eigenvalue weighted by molar-refractivity contribution is -0.122. The number of thiocarbonyl (C=S) groups is 1. The molecule has 3 heterocycles. The number of amides is 1. The van der Waals surface area contributed by atoms with Gasteiger partial charge in [0.25, 0.3) is 11.5 Å². The van der Waals surface area contributed by atoms with Crippen LogP contribution in [-0.4, -0.2) is 31.1 Å². The lowest BCUT2D eigenvalue weighted by Crippen LogP contribution is -2.29. The molecule has 1 amide bonds. The molecule has 176 valence electrons. The van der Waals surface area contributed by atoms with Crippen LogP contribution in [0.25, 0.3) is 11.7 Å². The Kier molecular flexibility index (Phi) is 7.19. The van der Waals surface area contributed by atoms with Crippen molar-refractivity contribution >= 4 is 45.9 Å². The molecule has 0 atom stereocenters. The normalized spacial score (nSPS) is 15.1. The van der Waals surface area contributed by atoms with Crippen molar-refractivity contribution < 1.29 is 9.53 Å². The van der Waals surface area contributed by atoms with Gasteiger partial charge in [0.2, 0.25) is 5.88 Å². The van der Waals surface area contributed by atoms with Gasteiger partial charge in [-0.1, -0.05) is 67.5 Å². The number of hydrogen-bond acceptors (Lipinski definition) is 6. The van der Waals surface area contributed by atoms with E-state index < -0.39 is 0 Å². The summed E-state index contributed by atoms with van der Waals surface area (Å²) >= 11 is 6.66. The monoisotopic (exact) mass is 493 g/mol. The molecule has 0 radical (unpaired) electrons. The third-order valence-electron chi connectivity index (χ3n) is 5.72. The molecule has 1 aliphatic rings. The van der Waals surface area contributed by atoms with Crippen LogP contribution in [0.2, 0.25) is 0 Å². The molecule has 1 aliphatic heterocycles. The fourth-order valence-electron chi connectivity index (χ4n) is 3.86. The number of pyridine rings is 1. The molecule has 34 heavy (non-hydrogen) atoms. The van der Waals surface area contributed by atoms with Crippen LogP contribution in [0.15, 0.2) is 46.2 Å². The number of carbonyl (C=O) groups is 1. The second kappa shape index (κ2) is 10.1. The Balaban J connectivity index is 1.82. The van der Waals surface area contributed by atoms with Gasteiger partial charge in [0.15, 0.2) is 0 Å². The predicted octanol–water partition coefficient (Wildman–Crippen LogP) is 5.80. The Morgan fingerprint density at radius 2 is 1.91 bits per heavy atom. The van der Waals surface area contributed by atoms with E-state index in [0.717, 1.165) is 36.0 Å². The van der Waals surface area contributed by atoms with Crippen LogP contribution >= 0.6 is 24.0 Å². The van der Waals surface area contributed by atoms with E-state index in [1.807, 2.05) is 45.0 Å². The number of thioether (sulfide) groups is 1. The second-order valence-corrected chi connectivity index (χ2v) is 10.1. The first-order chi connectivity index (χ1) is 16.3. The van der Waals surface area contributed by atoms with Crippen molar-refractivity contribution in [3.8, 4) is 11.6 Å². The van der Waals surface area contributed by atoms with E-state index in [-0.39, 0.29) is 22.9 Å². The van der Waals surface area contributed by atoms with Gasteiger partial charge in [-0.3, -0.25) is 18.9 Å². The lowest BCUT2D eigenvalue weighted by Gasteiger charge is -2.14.